The van der Waals surface area contributed by atoms with Crippen LogP contribution >= 0.6 is 0 Å². The maximum absolute atomic E-state index is 5.34. The molecule has 1 heterocycles. The van der Waals surface area contributed by atoms with Gasteiger partial charge in [0.2, 0.25) is 0 Å². The van der Waals surface area contributed by atoms with E-state index in [2.05, 4.69) is 208 Å². The minimum absolute atomic E-state index is 0.0759. The highest BCUT2D eigenvalue weighted by Gasteiger charge is 2.22. The fraction of sp³-hybridized carbons (Fsp3) is 0.0847. The molecule has 3 heteroatoms. The van der Waals surface area contributed by atoms with Crippen LogP contribution in [0.2, 0.25) is 0 Å². The van der Waals surface area contributed by atoms with Crippen LogP contribution in [-0.4, -0.2) is 16.1 Å². The van der Waals surface area contributed by atoms with Gasteiger partial charge in [0.25, 0.3) is 0 Å². The summed E-state index contributed by atoms with van der Waals surface area (Å²) in [5, 5.41) is 7.35. The smallest absolute Gasteiger partial charge is 0.156 e. The fourth-order valence-corrected chi connectivity index (χ4v) is 9.38. The molecule has 10 rings (SSSR count). The molecule has 0 N–H and O–H groups in total. The Labute approximate surface area is 363 Å². The highest BCUT2D eigenvalue weighted by Crippen LogP contribution is 2.43. The van der Waals surface area contributed by atoms with E-state index in [0.717, 1.165) is 33.5 Å². The van der Waals surface area contributed by atoms with Gasteiger partial charge in [0.05, 0.1) is 17.1 Å². The summed E-state index contributed by atoms with van der Waals surface area (Å²) in [5.74, 6) is 0.758. The molecule has 3 nitrogen and oxygen atoms in total. The third kappa shape index (κ3) is 6.92. The van der Waals surface area contributed by atoms with E-state index in [-0.39, 0.29) is 12.0 Å². The second-order valence-corrected chi connectivity index (χ2v) is 16.2. The lowest BCUT2D eigenvalue weighted by Gasteiger charge is -2.21. The number of hydrogen-bond acceptors (Lipinski definition) is 1. The second kappa shape index (κ2) is 16.4. The Hall–Kier alpha value is -7.62. The van der Waals surface area contributed by atoms with E-state index in [9.17, 15) is 0 Å². The summed E-state index contributed by atoms with van der Waals surface area (Å²) in [5.41, 5.74) is 13.9. The Kier molecular flexibility index (Phi) is 10.2. The largest absolute Gasteiger partial charge is 0.309 e. The fourth-order valence-electron chi connectivity index (χ4n) is 9.38. The van der Waals surface area contributed by atoms with Gasteiger partial charge in [-0.3, -0.25) is 4.99 Å². The van der Waals surface area contributed by atoms with Gasteiger partial charge in [-0.25, -0.2) is 4.99 Å². The van der Waals surface area contributed by atoms with Crippen LogP contribution in [0.3, 0.4) is 0 Å². The van der Waals surface area contributed by atoms with Crippen molar-refractivity contribution in [2.75, 3.05) is 0 Å². The van der Waals surface area contributed by atoms with E-state index < -0.39 is 0 Å². The molecule has 1 unspecified atom stereocenters. The minimum Gasteiger partial charge on any atom is -0.309 e. The van der Waals surface area contributed by atoms with Crippen LogP contribution in [0.25, 0.3) is 60.2 Å². The number of benzene rings is 9. The third-order valence-corrected chi connectivity index (χ3v) is 12.5. The highest BCUT2D eigenvalue weighted by atomic mass is 15.0. The lowest BCUT2D eigenvalue weighted by molar-refractivity contribution is 0.912. The van der Waals surface area contributed by atoms with Crippen molar-refractivity contribution in [2.45, 2.75) is 32.7 Å². The standard InChI is InChI=1S/C59H47N3/c1-5-55(44-24-11-7-12-25-44)61-59(60-41(4)42-21-9-6-10-22-42)52-34-20-32-49-47(31-19-33-51(49)52)40(3)46-28-17-18-30-50(46)53-38-54-57(37-39(53)2)62(45-26-13-8-14-27-45)56-36-35-43-23-15-16-29-48(43)58(54)56/h5-38,40,55H,1H2,2-4H3/b60-41+,61-59-/t40-,55?/m1/s1. The molecule has 2 atom stereocenters. The molecule has 0 spiro atoms. The molecule has 0 aliphatic heterocycles. The van der Waals surface area contributed by atoms with Crippen LogP contribution < -0.4 is 0 Å². The Bertz CT molecular complexity index is 3340. The van der Waals surface area contributed by atoms with Gasteiger partial charge in [-0.15, -0.1) is 6.58 Å². The monoisotopic (exact) mass is 797 g/mol. The zero-order valence-corrected chi connectivity index (χ0v) is 35.3. The van der Waals surface area contributed by atoms with Gasteiger partial charge in [-0.1, -0.05) is 183 Å². The number of aromatic nitrogens is 1. The van der Waals surface area contributed by atoms with Gasteiger partial charge in [0.15, 0.2) is 5.84 Å². The molecular weight excluding hydrogens is 751 g/mol. The van der Waals surface area contributed by atoms with Crippen LogP contribution in [0.1, 0.15) is 59.2 Å². The van der Waals surface area contributed by atoms with Gasteiger partial charge in [-0.2, -0.15) is 0 Å². The van der Waals surface area contributed by atoms with Crippen LogP contribution in [0.5, 0.6) is 0 Å². The first-order valence-corrected chi connectivity index (χ1v) is 21.5. The lowest BCUT2D eigenvalue weighted by atomic mass is 9.83. The number of amidine groups is 1. The Morgan fingerprint density at radius 1 is 0.565 bits per heavy atom. The Morgan fingerprint density at radius 2 is 1.21 bits per heavy atom. The molecule has 0 amide bonds. The second-order valence-electron chi connectivity index (χ2n) is 16.2. The predicted octanol–water partition coefficient (Wildman–Crippen LogP) is 15.4. The quantitative estimate of drug-likeness (QED) is 0.0791. The van der Waals surface area contributed by atoms with Crippen molar-refractivity contribution in [3.05, 3.63) is 246 Å². The topological polar surface area (TPSA) is 29.6 Å². The Balaban J connectivity index is 1.13. The molecule has 0 aliphatic rings. The van der Waals surface area contributed by atoms with E-state index >= 15 is 0 Å². The first-order valence-electron chi connectivity index (χ1n) is 21.5. The van der Waals surface area contributed by atoms with Gasteiger partial charge in [0, 0.05) is 33.7 Å². The number of fused-ring (bicyclic) bond motifs is 6. The van der Waals surface area contributed by atoms with Crippen LogP contribution in [0.15, 0.2) is 223 Å². The van der Waals surface area contributed by atoms with Gasteiger partial charge in [0.1, 0.15) is 0 Å². The zero-order chi connectivity index (χ0) is 42.2. The number of nitrogens with zero attached hydrogens (tertiary/aromatic N) is 3. The number of para-hydroxylation sites is 1. The number of rotatable bonds is 9. The molecule has 0 bridgehead atoms. The molecule has 0 fully saturated rings. The molecule has 0 radical (unpaired) electrons. The summed E-state index contributed by atoms with van der Waals surface area (Å²) in [4.78, 5) is 10.6. The maximum atomic E-state index is 5.34. The minimum atomic E-state index is -0.261. The summed E-state index contributed by atoms with van der Waals surface area (Å²) in [6, 6.07) is 71.5. The molecule has 9 aromatic carbocycles. The Morgan fingerprint density at radius 3 is 2.00 bits per heavy atom. The van der Waals surface area contributed by atoms with Crippen molar-refractivity contribution in [1.82, 2.24) is 4.57 Å². The molecule has 0 aliphatic carbocycles. The van der Waals surface area contributed by atoms with Crippen LogP contribution in [0.4, 0.5) is 0 Å². The van der Waals surface area contributed by atoms with Crippen molar-refractivity contribution < 1.29 is 0 Å². The van der Waals surface area contributed by atoms with Crippen molar-refractivity contribution >= 4 is 54.9 Å². The normalized spacial score (nSPS) is 13.2. The SMILES string of the molecule is C=CC(/N=C(\N=C(/C)c1ccccc1)c1cccc2c([C@H](C)c3ccccc3-c3cc4c5c6ccccc6ccc5n(-c5ccccc5)c4cc3C)cccc12)c1ccccc1. The third-order valence-electron chi connectivity index (χ3n) is 12.5. The van der Waals surface area contributed by atoms with E-state index in [1.807, 2.05) is 30.3 Å². The zero-order valence-electron chi connectivity index (χ0n) is 35.3. The van der Waals surface area contributed by atoms with E-state index in [1.165, 1.54) is 65.8 Å². The average molecular weight is 798 g/mol. The summed E-state index contributed by atoms with van der Waals surface area (Å²) in [6.07, 6.45) is 1.90. The summed E-state index contributed by atoms with van der Waals surface area (Å²) < 4.78 is 2.43. The molecular formula is C59H47N3. The molecule has 0 saturated heterocycles. The van der Waals surface area contributed by atoms with Crippen LogP contribution in [0, 0.1) is 6.92 Å². The molecule has 0 saturated carbocycles. The van der Waals surface area contributed by atoms with Gasteiger partial charge >= 0.3 is 0 Å². The summed E-state index contributed by atoms with van der Waals surface area (Å²) in [7, 11) is 0. The molecule has 10 aromatic rings. The van der Waals surface area contributed by atoms with Crippen molar-refractivity contribution in [3.63, 3.8) is 0 Å². The number of hydrogen-bond donors (Lipinski definition) is 0. The van der Waals surface area contributed by atoms with Crippen molar-refractivity contribution in [1.29, 1.82) is 0 Å². The molecule has 1 aromatic heterocycles. The van der Waals surface area contributed by atoms with E-state index in [1.54, 1.807) is 0 Å². The first-order chi connectivity index (χ1) is 30.5. The highest BCUT2D eigenvalue weighted by molar-refractivity contribution is 6.22. The predicted molar refractivity (Wildman–Crippen MR) is 264 cm³/mol. The summed E-state index contributed by atoms with van der Waals surface area (Å²) >= 11 is 0. The van der Waals surface area contributed by atoms with Crippen LogP contribution in [-0.2, 0) is 0 Å². The first kappa shape index (κ1) is 38.6. The number of aryl methyl sites for hydroxylation is 1. The number of aliphatic imine (C=N–C) groups is 2. The average Bonchev–Trinajstić information content (AvgIpc) is 3.66. The van der Waals surface area contributed by atoms with E-state index in [0.29, 0.717) is 5.84 Å². The van der Waals surface area contributed by atoms with Crippen molar-refractivity contribution in [3.8, 4) is 16.8 Å². The summed E-state index contributed by atoms with van der Waals surface area (Å²) in [6.45, 7) is 10.9. The molecule has 298 valence electrons. The van der Waals surface area contributed by atoms with Gasteiger partial charge in [-0.05, 0) is 105 Å². The van der Waals surface area contributed by atoms with E-state index in [4.69, 9.17) is 9.98 Å². The molecule has 62 heavy (non-hydrogen) atoms. The van der Waals surface area contributed by atoms with Gasteiger partial charge < -0.3 is 4.57 Å². The lowest BCUT2D eigenvalue weighted by Crippen LogP contribution is -2.07. The van der Waals surface area contributed by atoms with Crippen molar-refractivity contribution in [2.24, 2.45) is 9.98 Å². The maximum Gasteiger partial charge on any atom is 0.156 e.